The quantitative estimate of drug-likeness (QED) is 0.659. The zero-order valence-electron chi connectivity index (χ0n) is 11.6. The molecule has 2 aliphatic carbocycles. The molecule has 0 aromatic carbocycles. The van der Waals surface area contributed by atoms with Crippen LogP contribution in [0, 0.1) is 17.3 Å². The van der Waals surface area contributed by atoms with Gasteiger partial charge in [0.25, 0.3) is 0 Å². The standard InChI is InChI=1S/C15H29NS/c1-3-16-12-15(8-5-9-17-4-2)11-13-6-7-14(15)10-13/h13-14,16H,3-12H2,1-2H3. The van der Waals surface area contributed by atoms with E-state index in [1.54, 1.807) is 6.42 Å². The van der Waals surface area contributed by atoms with Crippen LogP contribution in [0.5, 0.6) is 0 Å². The van der Waals surface area contributed by atoms with Gasteiger partial charge in [0.05, 0.1) is 0 Å². The van der Waals surface area contributed by atoms with Gasteiger partial charge in [-0.3, -0.25) is 0 Å². The molecular weight excluding hydrogens is 226 g/mol. The van der Waals surface area contributed by atoms with Crippen LogP contribution < -0.4 is 5.32 Å². The highest BCUT2D eigenvalue weighted by Crippen LogP contribution is 2.57. The number of hydrogen-bond donors (Lipinski definition) is 1. The third kappa shape index (κ3) is 3.20. The Morgan fingerprint density at radius 1 is 1.29 bits per heavy atom. The van der Waals surface area contributed by atoms with Crippen LogP contribution in [-0.4, -0.2) is 24.6 Å². The second-order valence-corrected chi connectivity index (χ2v) is 7.42. The Kier molecular flexibility index (Phi) is 5.23. The van der Waals surface area contributed by atoms with Gasteiger partial charge in [-0.15, -0.1) is 0 Å². The van der Waals surface area contributed by atoms with Crippen molar-refractivity contribution < 1.29 is 0 Å². The van der Waals surface area contributed by atoms with Crippen molar-refractivity contribution in [2.24, 2.45) is 17.3 Å². The molecule has 0 amide bonds. The first kappa shape index (κ1) is 13.7. The van der Waals surface area contributed by atoms with E-state index in [1.165, 1.54) is 50.2 Å². The highest BCUT2D eigenvalue weighted by Gasteiger charge is 2.49. The molecule has 0 radical (unpaired) electrons. The lowest BCUT2D eigenvalue weighted by atomic mass is 9.70. The van der Waals surface area contributed by atoms with Gasteiger partial charge in [0.15, 0.2) is 0 Å². The van der Waals surface area contributed by atoms with Crippen molar-refractivity contribution in [3.8, 4) is 0 Å². The lowest BCUT2D eigenvalue weighted by Crippen LogP contribution is -2.38. The third-order valence-corrected chi connectivity index (χ3v) is 5.98. The number of fused-ring (bicyclic) bond motifs is 2. The molecule has 0 aliphatic heterocycles. The van der Waals surface area contributed by atoms with Crippen molar-refractivity contribution in [1.29, 1.82) is 0 Å². The van der Waals surface area contributed by atoms with Gasteiger partial charge in [-0.2, -0.15) is 11.8 Å². The minimum atomic E-state index is 0.688. The zero-order chi connectivity index (χ0) is 12.1. The van der Waals surface area contributed by atoms with Gasteiger partial charge in [0.2, 0.25) is 0 Å². The number of thioether (sulfide) groups is 1. The largest absolute Gasteiger partial charge is 0.316 e. The maximum Gasteiger partial charge on any atom is 0.00105 e. The molecule has 3 unspecified atom stereocenters. The summed E-state index contributed by atoms with van der Waals surface area (Å²) in [6.07, 6.45) is 9.05. The topological polar surface area (TPSA) is 12.0 Å². The van der Waals surface area contributed by atoms with Crippen molar-refractivity contribution >= 4 is 11.8 Å². The van der Waals surface area contributed by atoms with Gasteiger partial charge >= 0.3 is 0 Å². The molecule has 2 saturated carbocycles. The second kappa shape index (κ2) is 6.47. The minimum Gasteiger partial charge on any atom is -0.316 e. The van der Waals surface area contributed by atoms with Crippen molar-refractivity contribution in [1.82, 2.24) is 5.32 Å². The van der Waals surface area contributed by atoms with Crippen LogP contribution in [0.15, 0.2) is 0 Å². The van der Waals surface area contributed by atoms with Crippen LogP contribution in [0.4, 0.5) is 0 Å². The van der Waals surface area contributed by atoms with Crippen molar-refractivity contribution in [3.63, 3.8) is 0 Å². The molecule has 3 atom stereocenters. The molecule has 2 heteroatoms. The van der Waals surface area contributed by atoms with Gasteiger partial charge in [-0.25, -0.2) is 0 Å². The molecule has 1 nitrogen and oxygen atoms in total. The molecule has 0 saturated heterocycles. The van der Waals surface area contributed by atoms with E-state index in [2.05, 4.69) is 30.9 Å². The number of nitrogens with one attached hydrogen (secondary N) is 1. The van der Waals surface area contributed by atoms with Crippen molar-refractivity contribution in [2.45, 2.75) is 52.4 Å². The van der Waals surface area contributed by atoms with E-state index >= 15 is 0 Å². The first-order valence-electron chi connectivity index (χ1n) is 7.59. The van der Waals surface area contributed by atoms with Gasteiger partial charge < -0.3 is 5.32 Å². The summed E-state index contributed by atoms with van der Waals surface area (Å²) < 4.78 is 0. The van der Waals surface area contributed by atoms with Crippen LogP contribution in [0.1, 0.15) is 52.4 Å². The first-order valence-corrected chi connectivity index (χ1v) is 8.74. The lowest BCUT2D eigenvalue weighted by Gasteiger charge is -2.38. The summed E-state index contributed by atoms with van der Waals surface area (Å²) >= 11 is 2.11. The number of hydrogen-bond acceptors (Lipinski definition) is 2. The Morgan fingerprint density at radius 2 is 2.18 bits per heavy atom. The molecule has 1 N–H and O–H groups in total. The predicted octanol–water partition coefficient (Wildman–Crippen LogP) is 3.94. The molecule has 2 aliphatic rings. The second-order valence-electron chi connectivity index (χ2n) is 6.02. The highest BCUT2D eigenvalue weighted by atomic mass is 32.2. The van der Waals surface area contributed by atoms with Crippen molar-refractivity contribution in [3.05, 3.63) is 0 Å². The molecule has 0 heterocycles. The Bertz CT molecular complexity index is 231. The van der Waals surface area contributed by atoms with Crippen LogP contribution >= 0.6 is 11.8 Å². The van der Waals surface area contributed by atoms with E-state index in [-0.39, 0.29) is 0 Å². The normalized spacial score (nSPS) is 35.6. The summed E-state index contributed by atoms with van der Waals surface area (Å²) in [6, 6.07) is 0. The smallest absolute Gasteiger partial charge is 0.00105 e. The van der Waals surface area contributed by atoms with Crippen molar-refractivity contribution in [2.75, 3.05) is 24.6 Å². The van der Waals surface area contributed by atoms with Crippen LogP contribution in [0.25, 0.3) is 0 Å². The Balaban J connectivity index is 1.84. The number of rotatable bonds is 8. The first-order chi connectivity index (χ1) is 8.30. The average molecular weight is 255 g/mol. The van der Waals surface area contributed by atoms with Crippen LogP contribution in [0.3, 0.4) is 0 Å². The molecule has 2 bridgehead atoms. The van der Waals surface area contributed by atoms with Crippen LogP contribution in [-0.2, 0) is 0 Å². The molecule has 0 aromatic rings. The fraction of sp³-hybridized carbons (Fsp3) is 1.00. The summed E-state index contributed by atoms with van der Waals surface area (Å²) in [4.78, 5) is 0. The molecular formula is C15H29NS. The van der Waals surface area contributed by atoms with E-state index in [0.29, 0.717) is 5.41 Å². The van der Waals surface area contributed by atoms with Gasteiger partial charge in [0.1, 0.15) is 0 Å². The van der Waals surface area contributed by atoms with E-state index < -0.39 is 0 Å². The third-order valence-electron chi connectivity index (χ3n) is 5.00. The SMILES string of the molecule is CCNCC1(CCCSCC)CC2CCC1C2. The fourth-order valence-corrected chi connectivity index (χ4v) is 4.85. The summed E-state index contributed by atoms with van der Waals surface area (Å²) in [5, 5.41) is 3.65. The maximum absolute atomic E-state index is 3.65. The Labute approximate surface area is 112 Å². The van der Waals surface area contributed by atoms with Crippen LogP contribution in [0.2, 0.25) is 0 Å². The summed E-state index contributed by atoms with van der Waals surface area (Å²) in [5.41, 5.74) is 0.688. The molecule has 2 fully saturated rings. The summed E-state index contributed by atoms with van der Waals surface area (Å²) in [6.45, 7) is 6.95. The molecule has 0 aromatic heterocycles. The average Bonchev–Trinajstić information content (AvgIpc) is 2.93. The summed E-state index contributed by atoms with van der Waals surface area (Å²) in [5.74, 6) is 4.80. The fourth-order valence-electron chi connectivity index (χ4n) is 4.21. The summed E-state index contributed by atoms with van der Waals surface area (Å²) in [7, 11) is 0. The predicted molar refractivity (Wildman–Crippen MR) is 78.7 cm³/mol. The molecule has 2 rings (SSSR count). The van der Waals surface area contributed by atoms with E-state index in [1.807, 2.05) is 0 Å². The van der Waals surface area contributed by atoms with E-state index in [0.717, 1.165) is 18.4 Å². The minimum absolute atomic E-state index is 0.688. The van der Waals surface area contributed by atoms with E-state index in [9.17, 15) is 0 Å². The Morgan fingerprint density at radius 3 is 2.76 bits per heavy atom. The molecule has 17 heavy (non-hydrogen) atoms. The zero-order valence-corrected chi connectivity index (χ0v) is 12.5. The van der Waals surface area contributed by atoms with Gasteiger partial charge in [0, 0.05) is 6.54 Å². The highest BCUT2D eigenvalue weighted by molar-refractivity contribution is 7.99. The Hall–Kier alpha value is 0.310. The molecule has 0 spiro atoms. The monoisotopic (exact) mass is 255 g/mol. The van der Waals surface area contributed by atoms with Gasteiger partial charge in [-0.05, 0) is 67.4 Å². The van der Waals surface area contributed by atoms with E-state index in [4.69, 9.17) is 0 Å². The lowest BCUT2D eigenvalue weighted by molar-refractivity contribution is 0.143. The molecule has 100 valence electrons. The van der Waals surface area contributed by atoms with Gasteiger partial charge in [-0.1, -0.05) is 20.3 Å². The maximum atomic E-state index is 3.65.